The van der Waals surface area contributed by atoms with Crippen LogP contribution in [0, 0.1) is 7.05 Å². The molecular formula is C7H15N2-. The molecule has 1 atom stereocenters. The van der Waals surface area contributed by atoms with Gasteiger partial charge in [0.15, 0.2) is 0 Å². The Balaban J connectivity index is 2.30. The van der Waals surface area contributed by atoms with E-state index in [-0.39, 0.29) is 0 Å². The van der Waals surface area contributed by atoms with Gasteiger partial charge in [0.2, 0.25) is 0 Å². The standard InChI is InChI=1S/C7H15N2/c1-8(2)7-4-5-9(3)6-7/h7H,3-6H2,1-2H3/q-1. The van der Waals surface area contributed by atoms with Crippen molar-refractivity contribution in [1.29, 1.82) is 0 Å². The average Bonchev–Trinajstić information content (AvgIpc) is 2.14. The van der Waals surface area contributed by atoms with E-state index in [1.165, 1.54) is 6.42 Å². The molecule has 1 rings (SSSR count). The molecule has 54 valence electrons. The van der Waals surface area contributed by atoms with E-state index in [9.17, 15) is 0 Å². The second kappa shape index (κ2) is 2.67. The second-order valence-electron chi connectivity index (χ2n) is 2.98. The van der Waals surface area contributed by atoms with E-state index in [2.05, 4.69) is 30.9 Å². The number of hydrogen-bond acceptors (Lipinski definition) is 2. The highest BCUT2D eigenvalue weighted by atomic mass is 15.2. The molecule has 0 aromatic carbocycles. The Hall–Kier alpha value is -0.0800. The lowest BCUT2D eigenvalue weighted by atomic mass is 10.2. The highest BCUT2D eigenvalue weighted by molar-refractivity contribution is 4.79. The molecule has 0 N–H and O–H groups in total. The van der Waals surface area contributed by atoms with Crippen LogP contribution in [0.25, 0.3) is 0 Å². The molecular weight excluding hydrogens is 112 g/mol. The summed E-state index contributed by atoms with van der Waals surface area (Å²) in [6, 6.07) is 0.738. The molecule has 0 aromatic heterocycles. The Bertz CT molecular complexity index is 90.9. The Morgan fingerprint density at radius 3 is 2.44 bits per heavy atom. The van der Waals surface area contributed by atoms with E-state index in [0.29, 0.717) is 0 Å². The van der Waals surface area contributed by atoms with Crippen molar-refractivity contribution in [1.82, 2.24) is 9.80 Å². The Kier molecular flexibility index (Phi) is 2.09. The lowest BCUT2D eigenvalue weighted by molar-refractivity contribution is 0.295. The first-order chi connectivity index (χ1) is 4.20. The van der Waals surface area contributed by atoms with Crippen molar-refractivity contribution in [3.8, 4) is 0 Å². The summed E-state index contributed by atoms with van der Waals surface area (Å²) in [5.74, 6) is 0. The van der Waals surface area contributed by atoms with E-state index >= 15 is 0 Å². The molecule has 0 aliphatic carbocycles. The van der Waals surface area contributed by atoms with Crippen LogP contribution >= 0.6 is 0 Å². The molecule has 0 saturated carbocycles. The zero-order chi connectivity index (χ0) is 6.85. The summed E-state index contributed by atoms with van der Waals surface area (Å²) in [5, 5.41) is 0. The quantitative estimate of drug-likeness (QED) is 0.471. The molecule has 2 nitrogen and oxygen atoms in total. The first-order valence-corrected chi connectivity index (χ1v) is 3.42. The summed E-state index contributed by atoms with van der Waals surface area (Å²) in [7, 11) is 8.13. The molecule has 1 heterocycles. The summed E-state index contributed by atoms with van der Waals surface area (Å²) in [6.07, 6.45) is 1.27. The van der Waals surface area contributed by atoms with E-state index in [0.717, 1.165) is 19.1 Å². The van der Waals surface area contributed by atoms with Gasteiger partial charge in [-0.3, -0.25) is 7.05 Å². The van der Waals surface area contributed by atoms with Gasteiger partial charge in [-0.25, -0.2) is 0 Å². The van der Waals surface area contributed by atoms with E-state index in [1.807, 2.05) is 0 Å². The molecule has 1 saturated heterocycles. The van der Waals surface area contributed by atoms with Crippen molar-refractivity contribution in [2.24, 2.45) is 0 Å². The van der Waals surface area contributed by atoms with Gasteiger partial charge in [-0.15, -0.1) is 0 Å². The summed E-state index contributed by atoms with van der Waals surface area (Å²) in [5.41, 5.74) is 0. The van der Waals surface area contributed by atoms with Crippen LogP contribution in [0.5, 0.6) is 0 Å². The van der Waals surface area contributed by atoms with Crippen LogP contribution in [0.3, 0.4) is 0 Å². The topological polar surface area (TPSA) is 6.48 Å². The van der Waals surface area contributed by atoms with Crippen molar-refractivity contribution >= 4 is 0 Å². The SMILES string of the molecule is [CH2-]N1CCC(N(C)C)C1. The monoisotopic (exact) mass is 127 g/mol. The predicted molar refractivity (Wildman–Crippen MR) is 39.0 cm³/mol. The van der Waals surface area contributed by atoms with Crippen molar-refractivity contribution in [3.05, 3.63) is 7.05 Å². The molecule has 1 fully saturated rings. The van der Waals surface area contributed by atoms with Crippen molar-refractivity contribution in [2.75, 3.05) is 27.2 Å². The van der Waals surface area contributed by atoms with E-state index < -0.39 is 0 Å². The van der Waals surface area contributed by atoms with Crippen molar-refractivity contribution in [3.63, 3.8) is 0 Å². The summed E-state index contributed by atoms with van der Waals surface area (Å²) in [4.78, 5) is 4.40. The molecule has 9 heavy (non-hydrogen) atoms. The predicted octanol–water partition coefficient (Wildman–Crippen LogP) is 0.414. The van der Waals surface area contributed by atoms with Crippen molar-refractivity contribution < 1.29 is 0 Å². The summed E-state index contributed by atoms with van der Waals surface area (Å²) in [6.45, 7) is 2.29. The fourth-order valence-corrected chi connectivity index (χ4v) is 1.23. The Morgan fingerprint density at radius 2 is 2.22 bits per heavy atom. The van der Waals surface area contributed by atoms with Gasteiger partial charge in [0.25, 0.3) is 0 Å². The van der Waals surface area contributed by atoms with Crippen LogP contribution in [0.15, 0.2) is 0 Å². The number of nitrogens with zero attached hydrogens (tertiary/aromatic N) is 2. The first kappa shape index (κ1) is 7.03. The van der Waals surface area contributed by atoms with Crippen LogP contribution in [-0.2, 0) is 0 Å². The zero-order valence-corrected chi connectivity index (χ0v) is 6.30. The molecule has 2 heteroatoms. The molecule has 0 radical (unpaired) electrons. The maximum Gasteiger partial charge on any atom is 0.0204 e. The van der Waals surface area contributed by atoms with Gasteiger partial charge in [0, 0.05) is 6.04 Å². The fraction of sp³-hybridized carbons (Fsp3) is 0.857. The maximum absolute atomic E-state index is 3.88. The van der Waals surface area contributed by atoms with Crippen molar-refractivity contribution in [2.45, 2.75) is 12.5 Å². The normalized spacial score (nSPS) is 30.0. The fourth-order valence-electron chi connectivity index (χ4n) is 1.23. The number of likely N-dealkylation sites (tertiary alicyclic amines) is 1. The van der Waals surface area contributed by atoms with Crippen LogP contribution < -0.4 is 0 Å². The number of hydrogen-bond donors (Lipinski definition) is 0. The number of rotatable bonds is 1. The van der Waals surface area contributed by atoms with Gasteiger partial charge in [0.05, 0.1) is 0 Å². The minimum atomic E-state index is 0.738. The lowest BCUT2D eigenvalue weighted by Gasteiger charge is -2.21. The maximum atomic E-state index is 3.88. The van der Waals surface area contributed by atoms with Crippen LogP contribution in [0.1, 0.15) is 6.42 Å². The number of likely N-dealkylation sites (N-methyl/N-ethyl adjacent to an activating group) is 1. The van der Waals surface area contributed by atoms with Gasteiger partial charge in [0.1, 0.15) is 0 Å². The van der Waals surface area contributed by atoms with E-state index in [1.54, 1.807) is 0 Å². The van der Waals surface area contributed by atoms with Gasteiger partial charge >= 0.3 is 0 Å². The van der Waals surface area contributed by atoms with Crippen LogP contribution in [-0.4, -0.2) is 43.0 Å². The molecule has 0 bridgehead atoms. The second-order valence-corrected chi connectivity index (χ2v) is 2.98. The van der Waals surface area contributed by atoms with Gasteiger partial charge in [-0.1, -0.05) is 0 Å². The third-order valence-corrected chi connectivity index (χ3v) is 1.98. The third kappa shape index (κ3) is 1.66. The summed E-state index contributed by atoms with van der Waals surface area (Å²) < 4.78 is 0. The molecule has 1 aliphatic heterocycles. The lowest BCUT2D eigenvalue weighted by Crippen LogP contribution is -2.29. The van der Waals surface area contributed by atoms with Crippen LogP contribution in [0.2, 0.25) is 0 Å². The molecule has 0 amide bonds. The van der Waals surface area contributed by atoms with Crippen LogP contribution in [0.4, 0.5) is 0 Å². The molecule has 1 aliphatic rings. The third-order valence-electron chi connectivity index (χ3n) is 1.98. The van der Waals surface area contributed by atoms with Gasteiger partial charge in [-0.2, -0.15) is 0 Å². The minimum Gasteiger partial charge on any atom is -0.458 e. The molecule has 0 spiro atoms. The van der Waals surface area contributed by atoms with Gasteiger partial charge < -0.3 is 9.80 Å². The molecule has 1 unspecified atom stereocenters. The highest BCUT2D eigenvalue weighted by Gasteiger charge is 2.16. The Morgan fingerprint density at radius 1 is 1.56 bits per heavy atom. The first-order valence-electron chi connectivity index (χ1n) is 3.42. The average molecular weight is 127 g/mol. The zero-order valence-electron chi connectivity index (χ0n) is 6.30. The molecule has 0 aromatic rings. The highest BCUT2D eigenvalue weighted by Crippen LogP contribution is 2.10. The smallest absolute Gasteiger partial charge is 0.0204 e. The minimum absolute atomic E-state index is 0.738. The largest absolute Gasteiger partial charge is 0.458 e. The van der Waals surface area contributed by atoms with E-state index in [4.69, 9.17) is 0 Å². The summed E-state index contributed by atoms with van der Waals surface area (Å²) >= 11 is 0. The Labute approximate surface area is 57.4 Å². The van der Waals surface area contributed by atoms with Gasteiger partial charge in [-0.05, 0) is 33.6 Å².